The third kappa shape index (κ3) is 2.87. The molecule has 0 unspecified atom stereocenters. The number of carbonyl (C=O) groups excluding carboxylic acids is 1. The van der Waals surface area contributed by atoms with Crippen molar-refractivity contribution in [3.05, 3.63) is 42.0 Å². The average molecular weight is 231 g/mol. The fourth-order valence-corrected chi connectivity index (χ4v) is 1.41. The second-order valence-corrected chi connectivity index (χ2v) is 3.45. The number of nitrogens with one attached hydrogen (secondary N) is 1. The van der Waals surface area contributed by atoms with Crippen LogP contribution in [0.5, 0.6) is 11.5 Å². The molecule has 0 bridgehead atoms. The molecule has 1 N–H and O–H groups in total. The van der Waals surface area contributed by atoms with E-state index in [1.165, 1.54) is 6.08 Å². The van der Waals surface area contributed by atoms with Crippen LogP contribution in [0.2, 0.25) is 0 Å². The summed E-state index contributed by atoms with van der Waals surface area (Å²) >= 11 is 0. The molecule has 4 nitrogen and oxygen atoms in total. The largest absolute Gasteiger partial charge is 0.454 e. The van der Waals surface area contributed by atoms with Crippen molar-refractivity contribution in [1.82, 2.24) is 5.32 Å². The molecule has 0 saturated carbocycles. The van der Waals surface area contributed by atoms with Gasteiger partial charge in [-0.2, -0.15) is 0 Å². The van der Waals surface area contributed by atoms with E-state index in [1.54, 1.807) is 19.2 Å². The van der Waals surface area contributed by atoms with Crippen LogP contribution in [0.4, 0.5) is 0 Å². The number of hydrogen-bond donors (Lipinski definition) is 1. The quantitative estimate of drug-likeness (QED) is 0.636. The van der Waals surface area contributed by atoms with Gasteiger partial charge in [0.1, 0.15) is 0 Å². The van der Waals surface area contributed by atoms with Crippen LogP contribution in [-0.4, -0.2) is 19.7 Å². The number of fused-ring (bicyclic) bond motifs is 1. The summed E-state index contributed by atoms with van der Waals surface area (Å²) in [6, 6.07) is 5.69. The van der Waals surface area contributed by atoms with E-state index in [9.17, 15) is 4.79 Å². The summed E-state index contributed by atoms with van der Waals surface area (Å²) in [5.74, 6) is 1.39. The van der Waals surface area contributed by atoms with Crippen LogP contribution >= 0.6 is 0 Å². The summed E-state index contributed by atoms with van der Waals surface area (Å²) in [5.41, 5.74) is 0.996. The SMILES string of the molecule is CNC(=O)C=CC=Cc1ccc2c(c1)OCO2. The number of allylic oxidation sites excluding steroid dienone is 2. The molecule has 1 amide bonds. The van der Waals surface area contributed by atoms with E-state index in [4.69, 9.17) is 9.47 Å². The Morgan fingerprint density at radius 3 is 2.94 bits per heavy atom. The molecule has 88 valence electrons. The third-order valence-electron chi connectivity index (χ3n) is 2.29. The minimum absolute atomic E-state index is 0.125. The highest BCUT2D eigenvalue weighted by Gasteiger charge is 2.11. The van der Waals surface area contributed by atoms with Gasteiger partial charge in [0.2, 0.25) is 12.7 Å². The molecule has 0 spiro atoms. The lowest BCUT2D eigenvalue weighted by atomic mass is 10.2. The van der Waals surface area contributed by atoms with Crippen LogP contribution in [0, 0.1) is 0 Å². The van der Waals surface area contributed by atoms with Gasteiger partial charge in [-0.3, -0.25) is 4.79 Å². The van der Waals surface area contributed by atoms with Crippen molar-refractivity contribution in [3.8, 4) is 11.5 Å². The van der Waals surface area contributed by atoms with Crippen LogP contribution in [-0.2, 0) is 4.79 Å². The highest BCUT2D eigenvalue weighted by Crippen LogP contribution is 2.32. The maximum Gasteiger partial charge on any atom is 0.243 e. The first-order chi connectivity index (χ1) is 8.29. The zero-order valence-corrected chi connectivity index (χ0v) is 9.47. The Hall–Kier alpha value is -2.23. The van der Waals surface area contributed by atoms with Gasteiger partial charge in [0.25, 0.3) is 0 Å². The van der Waals surface area contributed by atoms with Gasteiger partial charge in [-0.1, -0.05) is 24.3 Å². The Bertz CT molecular complexity index is 478. The molecule has 2 rings (SSSR count). The monoisotopic (exact) mass is 231 g/mol. The number of rotatable bonds is 3. The lowest BCUT2D eigenvalue weighted by molar-refractivity contribution is -0.116. The molecular weight excluding hydrogens is 218 g/mol. The Labute approximate surface area is 99.5 Å². The zero-order chi connectivity index (χ0) is 12.1. The maximum absolute atomic E-state index is 10.9. The molecule has 0 aliphatic carbocycles. The Balaban J connectivity index is 2.02. The second-order valence-electron chi connectivity index (χ2n) is 3.45. The van der Waals surface area contributed by atoms with Crippen molar-refractivity contribution in [1.29, 1.82) is 0 Å². The van der Waals surface area contributed by atoms with Gasteiger partial charge in [-0.15, -0.1) is 0 Å². The highest BCUT2D eigenvalue weighted by molar-refractivity contribution is 5.87. The Kier molecular flexibility index (Phi) is 3.45. The van der Waals surface area contributed by atoms with Crippen LogP contribution in [0.15, 0.2) is 36.4 Å². The Morgan fingerprint density at radius 1 is 1.29 bits per heavy atom. The molecule has 0 fully saturated rings. The molecule has 1 aliphatic heterocycles. The number of amides is 1. The van der Waals surface area contributed by atoms with Gasteiger partial charge < -0.3 is 14.8 Å². The van der Waals surface area contributed by atoms with Gasteiger partial charge in [-0.05, 0) is 17.7 Å². The van der Waals surface area contributed by atoms with Gasteiger partial charge in [0.05, 0.1) is 0 Å². The first kappa shape index (κ1) is 11.3. The number of likely N-dealkylation sites (N-methyl/N-ethyl adjacent to an activating group) is 1. The molecular formula is C13H13NO3. The summed E-state index contributed by atoms with van der Waals surface area (Å²) in [5, 5.41) is 2.50. The first-order valence-electron chi connectivity index (χ1n) is 5.26. The van der Waals surface area contributed by atoms with Crippen molar-refractivity contribution in [2.24, 2.45) is 0 Å². The van der Waals surface area contributed by atoms with E-state index in [0.717, 1.165) is 17.1 Å². The molecule has 0 saturated heterocycles. The first-order valence-corrected chi connectivity index (χ1v) is 5.26. The minimum atomic E-state index is -0.125. The fraction of sp³-hybridized carbons (Fsp3) is 0.154. The van der Waals surface area contributed by atoms with Gasteiger partial charge in [0.15, 0.2) is 11.5 Å². The lowest BCUT2D eigenvalue weighted by Gasteiger charge is -1.96. The molecule has 4 heteroatoms. The van der Waals surface area contributed by atoms with E-state index in [-0.39, 0.29) is 12.7 Å². The number of carbonyl (C=O) groups is 1. The molecule has 17 heavy (non-hydrogen) atoms. The third-order valence-corrected chi connectivity index (χ3v) is 2.29. The van der Waals surface area contributed by atoms with Crippen molar-refractivity contribution in [2.45, 2.75) is 0 Å². The van der Waals surface area contributed by atoms with Gasteiger partial charge >= 0.3 is 0 Å². The highest BCUT2D eigenvalue weighted by atomic mass is 16.7. The summed E-state index contributed by atoms with van der Waals surface area (Å²) in [6.07, 6.45) is 6.83. The predicted molar refractivity (Wildman–Crippen MR) is 64.8 cm³/mol. The normalized spacial score (nSPS) is 13.5. The van der Waals surface area contributed by atoms with Crippen molar-refractivity contribution in [2.75, 3.05) is 13.8 Å². The average Bonchev–Trinajstić information content (AvgIpc) is 2.81. The van der Waals surface area contributed by atoms with Crippen molar-refractivity contribution < 1.29 is 14.3 Å². The van der Waals surface area contributed by atoms with E-state index < -0.39 is 0 Å². The fourth-order valence-electron chi connectivity index (χ4n) is 1.41. The van der Waals surface area contributed by atoms with Crippen molar-refractivity contribution in [3.63, 3.8) is 0 Å². The van der Waals surface area contributed by atoms with Gasteiger partial charge in [0, 0.05) is 13.1 Å². The van der Waals surface area contributed by atoms with Crippen LogP contribution < -0.4 is 14.8 Å². The summed E-state index contributed by atoms with van der Waals surface area (Å²) in [4.78, 5) is 10.9. The lowest BCUT2D eigenvalue weighted by Crippen LogP contribution is -2.13. The van der Waals surface area contributed by atoms with Crippen LogP contribution in [0.3, 0.4) is 0 Å². The molecule has 0 atom stereocenters. The topological polar surface area (TPSA) is 47.6 Å². The van der Waals surface area contributed by atoms with E-state index in [0.29, 0.717) is 0 Å². The smallest absolute Gasteiger partial charge is 0.243 e. The molecule has 0 aromatic heterocycles. The predicted octanol–water partition coefficient (Wildman–Crippen LogP) is 1.73. The van der Waals surface area contributed by atoms with E-state index >= 15 is 0 Å². The van der Waals surface area contributed by atoms with E-state index in [2.05, 4.69) is 5.32 Å². The van der Waals surface area contributed by atoms with Gasteiger partial charge in [-0.25, -0.2) is 0 Å². The second kappa shape index (κ2) is 5.21. The molecule has 1 aliphatic rings. The van der Waals surface area contributed by atoms with Crippen LogP contribution in [0.1, 0.15) is 5.56 Å². The molecule has 0 radical (unpaired) electrons. The number of benzene rings is 1. The standard InChI is InChI=1S/C13H13NO3/c1-14-13(15)5-3-2-4-10-6-7-11-12(8-10)17-9-16-11/h2-8H,9H2,1H3,(H,14,15). The summed E-state index contributed by atoms with van der Waals surface area (Å²) < 4.78 is 10.5. The van der Waals surface area contributed by atoms with Crippen molar-refractivity contribution >= 4 is 12.0 Å². The maximum atomic E-state index is 10.9. The van der Waals surface area contributed by atoms with E-state index in [1.807, 2.05) is 24.3 Å². The Morgan fingerprint density at radius 2 is 2.12 bits per heavy atom. The molecule has 1 heterocycles. The summed E-state index contributed by atoms with van der Waals surface area (Å²) in [7, 11) is 1.59. The summed E-state index contributed by atoms with van der Waals surface area (Å²) in [6.45, 7) is 0.277. The minimum Gasteiger partial charge on any atom is -0.454 e. The number of hydrogen-bond acceptors (Lipinski definition) is 3. The molecule has 1 aromatic carbocycles. The molecule has 1 aromatic rings. The zero-order valence-electron chi connectivity index (χ0n) is 9.47. The van der Waals surface area contributed by atoms with Crippen LogP contribution in [0.25, 0.3) is 6.08 Å². The number of ether oxygens (including phenoxy) is 2.